The number of halogens is 1. The van der Waals surface area contributed by atoms with E-state index in [1.807, 2.05) is 6.92 Å². The molecule has 2 aliphatic heterocycles. The van der Waals surface area contributed by atoms with Gasteiger partial charge in [0.25, 0.3) is 0 Å². The minimum Gasteiger partial charge on any atom is -0.369 e. The zero-order valence-corrected chi connectivity index (χ0v) is 15.1. The predicted octanol–water partition coefficient (Wildman–Crippen LogP) is 0.639. The van der Waals surface area contributed by atoms with Crippen LogP contribution in [-0.4, -0.2) is 69.0 Å². The van der Waals surface area contributed by atoms with Gasteiger partial charge in [-0.1, -0.05) is 0 Å². The van der Waals surface area contributed by atoms with E-state index in [4.69, 9.17) is 0 Å². The Morgan fingerprint density at radius 2 is 1.84 bits per heavy atom. The first kappa shape index (κ1) is 18.1. The summed E-state index contributed by atoms with van der Waals surface area (Å²) in [7, 11) is -2.99. The number of sulfone groups is 1. The molecule has 25 heavy (non-hydrogen) atoms. The van der Waals surface area contributed by atoms with Gasteiger partial charge in [-0.25, -0.2) is 12.8 Å². The fourth-order valence-electron chi connectivity index (χ4n) is 3.42. The first-order valence-electron chi connectivity index (χ1n) is 8.59. The normalized spacial score (nSPS) is 24.9. The van der Waals surface area contributed by atoms with Gasteiger partial charge in [-0.15, -0.1) is 0 Å². The maximum absolute atomic E-state index is 13.0. The van der Waals surface area contributed by atoms with Crippen molar-refractivity contribution in [2.45, 2.75) is 25.4 Å². The molecule has 1 aromatic carbocycles. The van der Waals surface area contributed by atoms with Gasteiger partial charge in [-0.3, -0.25) is 9.69 Å². The number of hydrogen-bond donors (Lipinski definition) is 1. The Morgan fingerprint density at radius 3 is 2.40 bits per heavy atom. The molecule has 8 heteroatoms. The van der Waals surface area contributed by atoms with E-state index in [1.54, 1.807) is 12.1 Å². The molecule has 1 aromatic rings. The Balaban J connectivity index is 1.50. The minimum atomic E-state index is -2.99. The van der Waals surface area contributed by atoms with E-state index >= 15 is 0 Å². The maximum atomic E-state index is 13.0. The van der Waals surface area contributed by atoms with Crippen LogP contribution in [0.15, 0.2) is 24.3 Å². The quantitative estimate of drug-likeness (QED) is 0.844. The number of anilines is 1. The second kappa shape index (κ2) is 7.29. The van der Waals surface area contributed by atoms with Crippen LogP contribution >= 0.6 is 0 Å². The Morgan fingerprint density at radius 1 is 1.20 bits per heavy atom. The van der Waals surface area contributed by atoms with Crippen LogP contribution in [-0.2, 0) is 14.6 Å². The molecule has 0 spiro atoms. The fourth-order valence-corrected chi connectivity index (χ4v) is 5.09. The van der Waals surface area contributed by atoms with Gasteiger partial charge in [0.15, 0.2) is 9.84 Å². The first-order valence-corrected chi connectivity index (χ1v) is 10.4. The van der Waals surface area contributed by atoms with Crippen LogP contribution in [0.3, 0.4) is 0 Å². The van der Waals surface area contributed by atoms with E-state index in [1.165, 1.54) is 12.1 Å². The van der Waals surface area contributed by atoms with E-state index in [9.17, 15) is 17.6 Å². The second-order valence-electron chi connectivity index (χ2n) is 6.78. The highest BCUT2D eigenvalue weighted by atomic mass is 32.2. The van der Waals surface area contributed by atoms with E-state index in [2.05, 4.69) is 15.1 Å². The van der Waals surface area contributed by atoms with E-state index in [-0.39, 0.29) is 35.3 Å². The van der Waals surface area contributed by atoms with Crippen molar-refractivity contribution in [1.82, 2.24) is 10.2 Å². The molecule has 0 bridgehead atoms. The lowest BCUT2D eigenvalue weighted by Crippen LogP contribution is -2.55. The molecule has 2 heterocycles. The SMILES string of the molecule is C[C@H](C(=O)N[C@@H]1CCS(=O)(=O)C1)N1CCN(c2ccc(F)cc2)CC1. The van der Waals surface area contributed by atoms with E-state index < -0.39 is 9.84 Å². The fraction of sp³-hybridized carbons (Fsp3) is 0.588. The third-order valence-electron chi connectivity index (χ3n) is 5.01. The number of amides is 1. The van der Waals surface area contributed by atoms with Crippen LogP contribution in [0.4, 0.5) is 10.1 Å². The molecule has 2 fully saturated rings. The lowest BCUT2D eigenvalue weighted by molar-refractivity contribution is -0.126. The third kappa shape index (κ3) is 4.49. The summed E-state index contributed by atoms with van der Waals surface area (Å²) in [5.41, 5.74) is 0.981. The summed E-state index contributed by atoms with van der Waals surface area (Å²) in [6.07, 6.45) is 0.499. The third-order valence-corrected chi connectivity index (χ3v) is 6.78. The number of carbonyl (C=O) groups excluding carboxylic acids is 1. The van der Waals surface area contributed by atoms with E-state index in [0.29, 0.717) is 6.42 Å². The number of rotatable bonds is 4. The average molecular weight is 369 g/mol. The first-order chi connectivity index (χ1) is 11.8. The van der Waals surface area contributed by atoms with Gasteiger partial charge in [0.2, 0.25) is 5.91 Å². The minimum absolute atomic E-state index is 0.0454. The van der Waals surface area contributed by atoms with Crippen molar-refractivity contribution in [3.63, 3.8) is 0 Å². The Bertz CT molecular complexity index is 715. The van der Waals surface area contributed by atoms with Gasteiger partial charge >= 0.3 is 0 Å². The molecule has 138 valence electrons. The monoisotopic (exact) mass is 369 g/mol. The van der Waals surface area contributed by atoms with Gasteiger partial charge in [0, 0.05) is 37.9 Å². The van der Waals surface area contributed by atoms with Crippen LogP contribution in [0.5, 0.6) is 0 Å². The topological polar surface area (TPSA) is 69.7 Å². The Hall–Kier alpha value is -1.67. The molecule has 1 N–H and O–H groups in total. The van der Waals surface area contributed by atoms with E-state index in [0.717, 1.165) is 31.9 Å². The summed E-state index contributed by atoms with van der Waals surface area (Å²) in [5.74, 6) is -0.161. The highest BCUT2D eigenvalue weighted by Crippen LogP contribution is 2.18. The van der Waals surface area contributed by atoms with Crippen LogP contribution in [0.1, 0.15) is 13.3 Å². The molecule has 6 nitrogen and oxygen atoms in total. The van der Waals surface area contributed by atoms with Gasteiger partial charge in [0.05, 0.1) is 17.5 Å². The predicted molar refractivity (Wildman–Crippen MR) is 94.8 cm³/mol. The second-order valence-corrected chi connectivity index (χ2v) is 9.01. The summed E-state index contributed by atoms with van der Waals surface area (Å²) in [6, 6.07) is 5.88. The summed E-state index contributed by atoms with van der Waals surface area (Å²) in [5, 5.41) is 2.87. The zero-order valence-electron chi connectivity index (χ0n) is 14.3. The molecule has 2 saturated heterocycles. The molecule has 2 atom stereocenters. The van der Waals surface area contributed by atoms with Crippen molar-refractivity contribution in [3.8, 4) is 0 Å². The van der Waals surface area contributed by atoms with Crippen molar-refractivity contribution in [2.75, 3.05) is 42.6 Å². The number of carbonyl (C=O) groups is 1. The van der Waals surface area contributed by atoms with Crippen LogP contribution in [0, 0.1) is 5.82 Å². The van der Waals surface area contributed by atoms with Gasteiger partial charge < -0.3 is 10.2 Å². The number of benzene rings is 1. The molecule has 3 rings (SSSR count). The molecular formula is C17H24FN3O3S. The lowest BCUT2D eigenvalue weighted by Gasteiger charge is -2.38. The number of nitrogens with one attached hydrogen (secondary N) is 1. The summed E-state index contributed by atoms with van der Waals surface area (Å²) >= 11 is 0. The van der Waals surface area contributed by atoms with Crippen molar-refractivity contribution in [1.29, 1.82) is 0 Å². The smallest absolute Gasteiger partial charge is 0.237 e. The molecule has 0 aliphatic carbocycles. The highest BCUT2D eigenvalue weighted by Gasteiger charge is 2.32. The standard InChI is InChI=1S/C17H24FN3O3S/c1-13(17(22)19-15-6-11-25(23,24)12-15)20-7-9-21(10-8-20)16-4-2-14(18)3-5-16/h2-5,13,15H,6-12H2,1H3,(H,19,22)/t13-,15-/m1/s1. The molecular weight excluding hydrogens is 345 g/mol. The Labute approximate surface area is 147 Å². The molecule has 0 unspecified atom stereocenters. The largest absolute Gasteiger partial charge is 0.369 e. The zero-order chi connectivity index (χ0) is 18.0. The Kier molecular flexibility index (Phi) is 5.29. The average Bonchev–Trinajstić information content (AvgIpc) is 2.93. The van der Waals surface area contributed by atoms with Gasteiger partial charge in [-0.05, 0) is 37.6 Å². The molecule has 2 aliphatic rings. The summed E-state index contributed by atoms with van der Waals surface area (Å²) in [6.45, 7) is 4.85. The van der Waals surface area contributed by atoms with Gasteiger partial charge in [0.1, 0.15) is 5.82 Å². The number of piperazine rings is 1. The van der Waals surface area contributed by atoms with Gasteiger partial charge in [-0.2, -0.15) is 0 Å². The highest BCUT2D eigenvalue weighted by molar-refractivity contribution is 7.91. The van der Waals surface area contributed by atoms with Crippen molar-refractivity contribution >= 4 is 21.4 Å². The number of hydrogen-bond acceptors (Lipinski definition) is 5. The molecule has 0 aromatic heterocycles. The summed E-state index contributed by atoms with van der Waals surface area (Å²) in [4.78, 5) is 16.7. The molecule has 1 amide bonds. The number of nitrogens with zero attached hydrogens (tertiary/aromatic N) is 2. The van der Waals surface area contributed by atoms with Crippen molar-refractivity contribution < 1.29 is 17.6 Å². The molecule has 0 radical (unpaired) electrons. The maximum Gasteiger partial charge on any atom is 0.237 e. The summed E-state index contributed by atoms with van der Waals surface area (Å²) < 4.78 is 36.0. The van der Waals surface area contributed by atoms with Crippen molar-refractivity contribution in [2.24, 2.45) is 0 Å². The lowest BCUT2D eigenvalue weighted by atomic mass is 10.1. The van der Waals surface area contributed by atoms with Crippen LogP contribution < -0.4 is 10.2 Å². The van der Waals surface area contributed by atoms with Crippen LogP contribution in [0.2, 0.25) is 0 Å². The van der Waals surface area contributed by atoms with Crippen LogP contribution in [0.25, 0.3) is 0 Å². The molecule has 0 saturated carbocycles. The van der Waals surface area contributed by atoms with Crippen molar-refractivity contribution in [3.05, 3.63) is 30.1 Å².